The number of amides is 1. The van der Waals surface area contributed by atoms with Gasteiger partial charge in [-0.2, -0.15) is 0 Å². The van der Waals surface area contributed by atoms with Gasteiger partial charge in [-0.15, -0.1) is 0 Å². The van der Waals surface area contributed by atoms with Gasteiger partial charge in [-0.25, -0.2) is 0 Å². The molecule has 0 aliphatic heterocycles. The maximum atomic E-state index is 10.7. The van der Waals surface area contributed by atoms with Crippen molar-refractivity contribution in [2.75, 3.05) is 14.2 Å². The highest BCUT2D eigenvalue weighted by Gasteiger charge is 2.09. The average Bonchev–Trinajstić information content (AvgIpc) is 2.27. The number of benzene rings is 1. The van der Waals surface area contributed by atoms with Crippen molar-refractivity contribution in [3.63, 3.8) is 0 Å². The Balaban J connectivity index is 2.79. The second-order valence-corrected chi connectivity index (χ2v) is 3.65. The van der Waals surface area contributed by atoms with Crippen LogP contribution in [0.2, 0.25) is 0 Å². The molecule has 0 aliphatic rings. The topological polar surface area (TPSA) is 70.8 Å². The number of primary amides is 1. The fraction of sp³-hybridized carbons (Fsp3) is 0.417. The SMILES string of the molecule is COc1cc(OC)cc(OC(C)CC(N)=O)c1. The van der Waals surface area contributed by atoms with E-state index in [4.69, 9.17) is 19.9 Å². The molecule has 1 aromatic carbocycles. The molecule has 0 radical (unpaired) electrons. The summed E-state index contributed by atoms with van der Waals surface area (Å²) in [5.74, 6) is 1.44. The van der Waals surface area contributed by atoms with Crippen LogP contribution in [-0.4, -0.2) is 26.2 Å². The van der Waals surface area contributed by atoms with Gasteiger partial charge in [0.2, 0.25) is 5.91 Å². The third-order valence-corrected chi connectivity index (χ3v) is 2.15. The third kappa shape index (κ3) is 4.22. The van der Waals surface area contributed by atoms with Gasteiger partial charge in [0.25, 0.3) is 0 Å². The van der Waals surface area contributed by atoms with Crippen LogP contribution in [0.3, 0.4) is 0 Å². The van der Waals surface area contributed by atoms with Gasteiger partial charge in [0.1, 0.15) is 23.4 Å². The monoisotopic (exact) mass is 239 g/mol. The van der Waals surface area contributed by atoms with Crippen LogP contribution in [0.5, 0.6) is 17.2 Å². The highest BCUT2D eigenvalue weighted by Crippen LogP contribution is 2.28. The molecule has 0 heterocycles. The molecule has 1 aromatic rings. The lowest BCUT2D eigenvalue weighted by Gasteiger charge is -2.14. The zero-order valence-corrected chi connectivity index (χ0v) is 10.2. The molecule has 0 saturated carbocycles. The van der Waals surface area contributed by atoms with Gasteiger partial charge < -0.3 is 19.9 Å². The first-order valence-corrected chi connectivity index (χ1v) is 5.23. The highest BCUT2D eigenvalue weighted by molar-refractivity contribution is 5.74. The minimum atomic E-state index is -0.396. The van der Waals surface area contributed by atoms with Crippen LogP contribution in [0.1, 0.15) is 13.3 Å². The van der Waals surface area contributed by atoms with Crippen molar-refractivity contribution in [1.29, 1.82) is 0 Å². The Morgan fingerprint density at radius 3 is 2.06 bits per heavy atom. The lowest BCUT2D eigenvalue weighted by molar-refractivity contribution is -0.119. The lowest BCUT2D eigenvalue weighted by atomic mass is 10.2. The van der Waals surface area contributed by atoms with Gasteiger partial charge in [-0.3, -0.25) is 4.79 Å². The molecule has 94 valence electrons. The summed E-state index contributed by atoms with van der Waals surface area (Å²) in [5, 5.41) is 0. The summed E-state index contributed by atoms with van der Waals surface area (Å²) >= 11 is 0. The van der Waals surface area contributed by atoms with Crippen LogP contribution in [0.4, 0.5) is 0 Å². The minimum Gasteiger partial charge on any atom is -0.496 e. The van der Waals surface area contributed by atoms with E-state index in [1.165, 1.54) is 0 Å². The number of carbonyl (C=O) groups is 1. The molecule has 17 heavy (non-hydrogen) atoms. The summed E-state index contributed by atoms with van der Waals surface area (Å²) < 4.78 is 15.8. The molecule has 0 bridgehead atoms. The molecule has 5 nitrogen and oxygen atoms in total. The Kier molecular flexibility index (Phi) is 4.63. The molecule has 1 amide bonds. The molecule has 0 spiro atoms. The number of hydrogen-bond acceptors (Lipinski definition) is 4. The maximum absolute atomic E-state index is 10.7. The molecule has 1 rings (SSSR count). The Bertz CT molecular complexity index is 370. The zero-order valence-electron chi connectivity index (χ0n) is 10.2. The van der Waals surface area contributed by atoms with Crippen molar-refractivity contribution >= 4 is 5.91 Å². The van der Waals surface area contributed by atoms with Crippen molar-refractivity contribution in [2.24, 2.45) is 5.73 Å². The van der Waals surface area contributed by atoms with Crippen LogP contribution < -0.4 is 19.9 Å². The van der Waals surface area contributed by atoms with Crippen LogP contribution in [-0.2, 0) is 4.79 Å². The summed E-state index contributed by atoms with van der Waals surface area (Å²) in [5.41, 5.74) is 5.09. The Morgan fingerprint density at radius 1 is 1.18 bits per heavy atom. The molecule has 0 saturated heterocycles. The van der Waals surface area contributed by atoms with Gasteiger partial charge in [0.05, 0.1) is 20.6 Å². The summed E-state index contributed by atoms with van der Waals surface area (Å²) in [6, 6.07) is 5.19. The summed E-state index contributed by atoms with van der Waals surface area (Å²) in [4.78, 5) is 10.7. The van der Waals surface area contributed by atoms with E-state index in [-0.39, 0.29) is 12.5 Å². The van der Waals surface area contributed by atoms with Gasteiger partial charge in [0.15, 0.2) is 0 Å². The van der Waals surface area contributed by atoms with Gasteiger partial charge in [-0.1, -0.05) is 0 Å². The Labute approximate surface area is 100 Å². The molecule has 1 unspecified atom stereocenters. The van der Waals surface area contributed by atoms with Crippen LogP contribution in [0.15, 0.2) is 18.2 Å². The van der Waals surface area contributed by atoms with Crippen LogP contribution in [0, 0.1) is 0 Å². The van der Waals surface area contributed by atoms with E-state index in [9.17, 15) is 4.79 Å². The summed E-state index contributed by atoms with van der Waals surface area (Å²) in [6.45, 7) is 1.77. The highest BCUT2D eigenvalue weighted by atomic mass is 16.5. The smallest absolute Gasteiger partial charge is 0.221 e. The minimum absolute atomic E-state index is 0.166. The first-order chi connectivity index (χ1) is 8.05. The fourth-order valence-corrected chi connectivity index (χ4v) is 1.41. The van der Waals surface area contributed by atoms with Crippen molar-refractivity contribution in [3.8, 4) is 17.2 Å². The standard InChI is InChI=1S/C12H17NO4/c1-8(4-12(13)14)17-11-6-9(15-2)5-10(7-11)16-3/h5-8H,4H2,1-3H3,(H2,13,14). The van der Waals surface area contributed by atoms with E-state index < -0.39 is 5.91 Å². The number of methoxy groups -OCH3 is 2. The Morgan fingerprint density at radius 2 is 1.65 bits per heavy atom. The summed E-state index contributed by atoms with van der Waals surface area (Å²) in [7, 11) is 3.12. The first-order valence-electron chi connectivity index (χ1n) is 5.23. The van der Waals surface area contributed by atoms with Crippen molar-refractivity contribution < 1.29 is 19.0 Å². The van der Waals surface area contributed by atoms with Crippen molar-refractivity contribution in [1.82, 2.24) is 0 Å². The average molecular weight is 239 g/mol. The second kappa shape index (κ2) is 5.98. The van der Waals surface area contributed by atoms with E-state index >= 15 is 0 Å². The van der Waals surface area contributed by atoms with Gasteiger partial charge in [0, 0.05) is 18.2 Å². The van der Waals surface area contributed by atoms with E-state index in [2.05, 4.69) is 0 Å². The van der Waals surface area contributed by atoms with E-state index in [1.54, 1.807) is 39.3 Å². The molecule has 0 aliphatic carbocycles. The van der Waals surface area contributed by atoms with Crippen molar-refractivity contribution in [2.45, 2.75) is 19.4 Å². The second-order valence-electron chi connectivity index (χ2n) is 3.65. The van der Waals surface area contributed by atoms with Crippen molar-refractivity contribution in [3.05, 3.63) is 18.2 Å². The molecule has 5 heteroatoms. The number of hydrogen-bond donors (Lipinski definition) is 1. The normalized spacial score (nSPS) is 11.7. The van der Waals surface area contributed by atoms with Gasteiger partial charge >= 0.3 is 0 Å². The van der Waals surface area contributed by atoms with Crippen LogP contribution >= 0.6 is 0 Å². The predicted octanol–water partition coefficient (Wildman–Crippen LogP) is 1.35. The molecule has 0 aromatic heterocycles. The zero-order chi connectivity index (χ0) is 12.8. The number of ether oxygens (including phenoxy) is 3. The van der Waals surface area contributed by atoms with E-state index in [0.717, 1.165) is 0 Å². The number of rotatable bonds is 6. The number of carbonyl (C=O) groups excluding carboxylic acids is 1. The Hall–Kier alpha value is -1.91. The molecule has 1 atom stereocenters. The lowest BCUT2D eigenvalue weighted by Crippen LogP contribution is -2.22. The van der Waals surface area contributed by atoms with Crippen LogP contribution in [0.25, 0.3) is 0 Å². The predicted molar refractivity (Wildman–Crippen MR) is 63.4 cm³/mol. The molecular weight excluding hydrogens is 222 g/mol. The van der Waals surface area contributed by atoms with Gasteiger partial charge in [-0.05, 0) is 6.92 Å². The third-order valence-electron chi connectivity index (χ3n) is 2.15. The molecular formula is C12H17NO4. The number of nitrogens with two attached hydrogens (primary N) is 1. The summed E-state index contributed by atoms with van der Waals surface area (Å²) in [6.07, 6.45) is -0.121. The van der Waals surface area contributed by atoms with E-state index in [0.29, 0.717) is 17.2 Å². The van der Waals surface area contributed by atoms with E-state index in [1.807, 2.05) is 0 Å². The molecule has 2 N–H and O–H groups in total. The largest absolute Gasteiger partial charge is 0.496 e. The fourth-order valence-electron chi connectivity index (χ4n) is 1.41. The quantitative estimate of drug-likeness (QED) is 0.813. The molecule has 0 fully saturated rings. The maximum Gasteiger partial charge on any atom is 0.221 e. The first kappa shape index (κ1) is 13.2.